The summed E-state index contributed by atoms with van der Waals surface area (Å²) in [6.45, 7) is 8.48. The van der Waals surface area contributed by atoms with Crippen LogP contribution in [0.25, 0.3) is 0 Å². The molecule has 2 rings (SSSR count). The van der Waals surface area contributed by atoms with Crippen LogP contribution in [0.5, 0.6) is 0 Å². The van der Waals surface area contributed by atoms with Gasteiger partial charge in [0.1, 0.15) is 0 Å². The molecule has 1 aromatic rings. The lowest BCUT2D eigenvalue weighted by Crippen LogP contribution is -2.22. The van der Waals surface area contributed by atoms with Crippen molar-refractivity contribution in [3.8, 4) is 0 Å². The van der Waals surface area contributed by atoms with Crippen molar-refractivity contribution in [1.29, 1.82) is 0 Å². The van der Waals surface area contributed by atoms with E-state index in [1.807, 2.05) is 13.1 Å². The zero-order valence-electron chi connectivity index (χ0n) is 11.3. The van der Waals surface area contributed by atoms with Gasteiger partial charge in [-0.3, -0.25) is 4.98 Å². The van der Waals surface area contributed by atoms with Crippen LogP contribution < -0.4 is 5.73 Å². The Hall–Kier alpha value is -1.09. The lowest BCUT2D eigenvalue weighted by Gasteiger charge is -2.18. The number of hydrogen-bond acceptors (Lipinski definition) is 3. The van der Waals surface area contributed by atoms with E-state index in [2.05, 4.69) is 30.8 Å². The molecule has 1 heterocycles. The van der Waals surface area contributed by atoms with E-state index >= 15 is 0 Å². The van der Waals surface area contributed by atoms with Gasteiger partial charge in [-0.25, -0.2) is 0 Å². The molecule has 0 aromatic carbocycles. The average molecular weight is 233 g/mol. The fourth-order valence-corrected chi connectivity index (χ4v) is 2.33. The predicted octanol–water partition coefficient (Wildman–Crippen LogP) is 2.37. The number of pyridine rings is 1. The first-order valence-corrected chi connectivity index (χ1v) is 6.38. The molecule has 2 atom stereocenters. The second-order valence-electron chi connectivity index (χ2n) is 5.60. The molecule has 0 amide bonds. The van der Waals surface area contributed by atoms with Gasteiger partial charge >= 0.3 is 0 Å². The minimum atomic E-state index is 0.892. The van der Waals surface area contributed by atoms with Crippen LogP contribution in [0.3, 0.4) is 0 Å². The van der Waals surface area contributed by atoms with E-state index in [0.717, 1.165) is 40.9 Å². The maximum atomic E-state index is 6.04. The summed E-state index contributed by atoms with van der Waals surface area (Å²) < 4.78 is 0. The number of hydrogen-bond donors (Lipinski definition) is 1. The van der Waals surface area contributed by atoms with Crippen LogP contribution in [0, 0.1) is 25.7 Å². The van der Waals surface area contributed by atoms with Gasteiger partial charge < -0.3 is 10.6 Å². The van der Waals surface area contributed by atoms with Crippen LogP contribution in [0.15, 0.2) is 6.20 Å². The van der Waals surface area contributed by atoms with Gasteiger partial charge in [-0.1, -0.05) is 6.92 Å². The first-order chi connectivity index (χ1) is 7.99. The molecule has 0 saturated heterocycles. The summed E-state index contributed by atoms with van der Waals surface area (Å²) in [5.41, 5.74) is 10.3. The van der Waals surface area contributed by atoms with Crippen molar-refractivity contribution in [2.45, 2.75) is 33.7 Å². The monoisotopic (exact) mass is 233 g/mol. The van der Waals surface area contributed by atoms with Crippen LogP contribution >= 0.6 is 0 Å². The minimum absolute atomic E-state index is 0.892. The molecule has 3 nitrogen and oxygen atoms in total. The molecule has 94 valence electrons. The molecule has 0 radical (unpaired) electrons. The number of nitrogen functional groups attached to an aromatic ring is 1. The Bertz CT molecular complexity index is 414. The third-order valence-electron chi connectivity index (χ3n) is 3.92. The van der Waals surface area contributed by atoms with Gasteiger partial charge in [0.25, 0.3) is 0 Å². The van der Waals surface area contributed by atoms with E-state index in [1.165, 1.54) is 13.0 Å². The van der Waals surface area contributed by atoms with Crippen molar-refractivity contribution in [3.63, 3.8) is 0 Å². The van der Waals surface area contributed by atoms with Gasteiger partial charge in [0.15, 0.2) is 0 Å². The van der Waals surface area contributed by atoms with Gasteiger partial charge in [0.2, 0.25) is 0 Å². The van der Waals surface area contributed by atoms with E-state index in [-0.39, 0.29) is 0 Å². The Morgan fingerprint density at radius 1 is 1.47 bits per heavy atom. The van der Waals surface area contributed by atoms with Crippen LogP contribution in [0.4, 0.5) is 5.69 Å². The molecule has 1 fully saturated rings. The number of anilines is 1. The summed E-state index contributed by atoms with van der Waals surface area (Å²) in [5, 5.41) is 0. The Morgan fingerprint density at radius 2 is 2.12 bits per heavy atom. The fraction of sp³-hybridized carbons (Fsp3) is 0.643. The van der Waals surface area contributed by atoms with Crippen molar-refractivity contribution in [2.24, 2.45) is 11.8 Å². The van der Waals surface area contributed by atoms with E-state index in [1.54, 1.807) is 0 Å². The minimum Gasteiger partial charge on any atom is -0.398 e. The SMILES string of the molecule is Cc1cnc(CN(C)CC2CC2C)c(C)c1N. The van der Waals surface area contributed by atoms with E-state index in [9.17, 15) is 0 Å². The van der Waals surface area contributed by atoms with Crippen molar-refractivity contribution in [3.05, 3.63) is 23.0 Å². The standard InChI is InChI=1S/C14H23N3/c1-9-5-12(9)7-17(4)8-13-11(3)14(15)10(2)6-16-13/h6,9,12H,5,7-8H2,1-4H3,(H2,15,16). The molecule has 1 aliphatic carbocycles. The Labute approximate surface area is 104 Å². The van der Waals surface area contributed by atoms with Crippen molar-refractivity contribution >= 4 is 5.69 Å². The topological polar surface area (TPSA) is 42.2 Å². The fourth-order valence-electron chi connectivity index (χ4n) is 2.33. The lowest BCUT2D eigenvalue weighted by atomic mass is 10.1. The molecule has 0 aliphatic heterocycles. The number of aromatic nitrogens is 1. The largest absolute Gasteiger partial charge is 0.398 e. The number of aryl methyl sites for hydroxylation is 1. The Kier molecular flexibility index (Phi) is 3.38. The molecule has 0 bridgehead atoms. The van der Waals surface area contributed by atoms with Gasteiger partial charge in [-0.05, 0) is 50.3 Å². The van der Waals surface area contributed by atoms with Gasteiger partial charge in [0.05, 0.1) is 5.69 Å². The highest BCUT2D eigenvalue weighted by Gasteiger charge is 2.33. The number of rotatable bonds is 4. The zero-order chi connectivity index (χ0) is 12.6. The predicted molar refractivity (Wildman–Crippen MR) is 71.7 cm³/mol. The van der Waals surface area contributed by atoms with Crippen LogP contribution in [0.1, 0.15) is 30.2 Å². The molecule has 0 spiro atoms. The van der Waals surface area contributed by atoms with E-state index < -0.39 is 0 Å². The number of nitrogens with two attached hydrogens (primary N) is 1. The Morgan fingerprint density at radius 3 is 2.71 bits per heavy atom. The summed E-state index contributed by atoms with van der Waals surface area (Å²) in [6.07, 6.45) is 3.26. The second-order valence-corrected chi connectivity index (χ2v) is 5.60. The third-order valence-corrected chi connectivity index (χ3v) is 3.92. The lowest BCUT2D eigenvalue weighted by molar-refractivity contribution is 0.303. The smallest absolute Gasteiger partial charge is 0.0593 e. The van der Waals surface area contributed by atoms with Crippen molar-refractivity contribution in [1.82, 2.24) is 9.88 Å². The number of nitrogens with zero attached hydrogens (tertiary/aromatic N) is 2. The summed E-state index contributed by atoms with van der Waals surface area (Å²) in [6, 6.07) is 0. The molecule has 2 unspecified atom stereocenters. The Balaban J connectivity index is 2.00. The molecule has 2 N–H and O–H groups in total. The first kappa shape index (κ1) is 12.4. The van der Waals surface area contributed by atoms with Crippen LogP contribution in [-0.2, 0) is 6.54 Å². The van der Waals surface area contributed by atoms with Crippen molar-refractivity contribution < 1.29 is 0 Å². The highest BCUT2D eigenvalue weighted by atomic mass is 15.1. The summed E-state index contributed by atoms with van der Waals surface area (Å²) >= 11 is 0. The molecular weight excluding hydrogens is 210 g/mol. The molecule has 1 aromatic heterocycles. The van der Waals surface area contributed by atoms with Crippen molar-refractivity contribution in [2.75, 3.05) is 19.3 Å². The second kappa shape index (κ2) is 4.65. The first-order valence-electron chi connectivity index (χ1n) is 6.38. The molecule has 3 heteroatoms. The summed E-state index contributed by atoms with van der Waals surface area (Å²) in [4.78, 5) is 6.86. The van der Waals surface area contributed by atoms with Gasteiger partial charge in [-0.15, -0.1) is 0 Å². The van der Waals surface area contributed by atoms with Gasteiger partial charge in [0, 0.05) is 25.0 Å². The summed E-state index contributed by atoms with van der Waals surface area (Å²) in [7, 11) is 2.17. The average Bonchev–Trinajstić information content (AvgIpc) is 2.95. The highest BCUT2D eigenvalue weighted by molar-refractivity contribution is 5.53. The van der Waals surface area contributed by atoms with Crippen LogP contribution in [-0.4, -0.2) is 23.5 Å². The van der Waals surface area contributed by atoms with E-state index in [4.69, 9.17) is 5.73 Å². The molecular formula is C14H23N3. The molecule has 1 saturated carbocycles. The third kappa shape index (κ3) is 2.78. The molecule has 1 aliphatic rings. The molecule has 17 heavy (non-hydrogen) atoms. The summed E-state index contributed by atoms with van der Waals surface area (Å²) in [5.74, 6) is 1.80. The van der Waals surface area contributed by atoms with Crippen LogP contribution in [0.2, 0.25) is 0 Å². The zero-order valence-corrected chi connectivity index (χ0v) is 11.3. The highest BCUT2D eigenvalue weighted by Crippen LogP contribution is 2.38. The maximum absolute atomic E-state index is 6.04. The van der Waals surface area contributed by atoms with E-state index in [0.29, 0.717) is 0 Å². The quantitative estimate of drug-likeness (QED) is 0.868. The normalized spacial score (nSPS) is 23.1. The maximum Gasteiger partial charge on any atom is 0.0593 e. The van der Waals surface area contributed by atoms with Gasteiger partial charge in [-0.2, -0.15) is 0 Å².